The van der Waals surface area contributed by atoms with Crippen molar-refractivity contribution < 1.29 is 19.0 Å². The molecule has 20 heavy (non-hydrogen) atoms. The smallest absolute Gasteiger partial charge is 0.342 e. The quantitative estimate of drug-likeness (QED) is 0.789. The van der Waals surface area contributed by atoms with Gasteiger partial charge in [-0.1, -0.05) is 6.07 Å². The maximum Gasteiger partial charge on any atom is 0.342 e. The van der Waals surface area contributed by atoms with Crippen LogP contribution in [0.5, 0.6) is 11.5 Å². The summed E-state index contributed by atoms with van der Waals surface area (Å²) in [6, 6.07) is 7.14. The first-order valence-corrected chi connectivity index (χ1v) is 7.70. The zero-order chi connectivity index (χ0) is 13.9. The van der Waals surface area contributed by atoms with E-state index in [-0.39, 0.29) is 6.61 Å². The third kappa shape index (κ3) is 2.81. The van der Waals surface area contributed by atoms with Gasteiger partial charge >= 0.3 is 5.97 Å². The fraction of sp³-hybridized carbons (Fsp3) is 0.214. The lowest BCUT2D eigenvalue weighted by Crippen LogP contribution is -2.18. The highest BCUT2D eigenvalue weighted by atomic mass is 79.9. The predicted molar refractivity (Wildman–Crippen MR) is 78.6 cm³/mol. The Bertz CT molecular complexity index is 638. The Morgan fingerprint density at radius 1 is 1.35 bits per heavy atom. The zero-order valence-electron chi connectivity index (χ0n) is 10.4. The molecule has 0 bridgehead atoms. The van der Waals surface area contributed by atoms with Gasteiger partial charge in [-0.05, 0) is 39.5 Å². The Kier molecular flexibility index (Phi) is 3.93. The Morgan fingerprint density at radius 3 is 3.00 bits per heavy atom. The van der Waals surface area contributed by atoms with Crippen LogP contribution >= 0.6 is 27.3 Å². The lowest BCUT2D eigenvalue weighted by atomic mass is 10.2. The van der Waals surface area contributed by atoms with Crippen LogP contribution in [0.3, 0.4) is 0 Å². The minimum atomic E-state index is -0.408. The van der Waals surface area contributed by atoms with E-state index in [4.69, 9.17) is 14.2 Å². The molecule has 0 amide bonds. The monoisotopic (exact) mass is 354 g/mol. The minimum Gasteiger partial charge on any atom is -0.486 e. The van der Waals surface area contributed by atoms with E-state index < -0.39 is 5.97 Å². The van der Waals surface area contributed by atoms with E-state index in [2.05, 4.69) is 15.9 Å². The summed E-state index contributed by atoms with van der Waals surface area (Å²) in [7, 11) is 0. The van der Waals surface area contributed by atoms with Crippen LogP contribution < -0.4 is 9.47 Å². The fourth-order valence-corrected chi connectivity index (χ4v) is 3.08. The summed E-state index contributed by atoms with van der Waals surface area (Å²) < 4.78 is 17.3. The average molecular weight is 355 g/mol. The molecule has 0 saturated heterocycles. The fourth-order valence-electron chi connectivity index (χ4n) is 1.88. The zero-order valence-corrected chi connectivity index (χ0v) is 12.8. The van der Waals surface area contributed by atoms with Gasteiger partial charge in [0.15, 0.2) is 11.5 Å². The van der Waals surface area contributed by atoms with Gasteiger partial charge < -0.3 is 14.2 Å². The standard InChI is InChI=1S/C14H11BrO4S/c15-12-6-9(8-20-12)7-19-14(16)10-2-1-3-11-13(10)18-5-4-17-11/h1-3,6,8H,4-5,7H2. The molecule has 1 aliphatic rings. The summed E-state index contributed by atoms with van der Waals surface area (Å²) in [6.07, 6.45) is 0. The molecular weight excluding hydrogens is 344 g/mol. The summed E-state index contributed by atoms with van der Waals surface area (Å²) in [5.74, 6) is 0.647. The summed E-state index contributed by atoms with van der Waals surface area (Å²) in [6.45, 7) is 1.18. The number of fused-ring (bicyclic) bond motifs is 1. The highest BCUT2D eigenvalue weighted by molar-refractivity contribution is 9.11. The van der Waals surface area contributed by atoms with E-state index in [1.807, 2.05) is 11.4 Å². The molecule has 4 nitrogen and oxygen atoms in total. The van der Waals surface area contributed by atoms with Gasteiger partial charge in [0, 0.05) is 5.56 Å². The maximum absolute atomic E-state index is 12.1. The van der Waals surface area contributed by atoms with Crippen LogP contribution in [-0.2, 0) is 11.3 Å². The van der Waals surface area contributed by atoms with Crippen molar-refractivity contribution in [2.75, 3.05) is 13.2 Å². The maximum atomic E-state index is 12.1. The molecule has 3 rings (SSSR count). The Balaban J connectivity index is 1.74. The molecule has 1 aromatic carbocycles. The summed E-state index contributed by atoms with van der Waals surface area (Å²) in [5.41, 5.74) is 1.36. The number of halogens is 1. The van der Waals surface area contributed by atoms with Crippen molar-refractivity contribution in [2.45, 2.75) is 6.61 Å². The van der Waals surface area contributed by atoms with Gasteiger partial charge in [-0.15, -0.1) is 11.3 Å². The lowest BCUT2D eigenvalue weighted by Gasteiger charge is -2.20. The van der Waals surface area contributed by atoms with Gasteiger partial charge in [0.25, 0.3) is 0 Å². The highest BCUT2D eigenvalue weighted by Gasteiger charge is 2.21. The molecule has 2 heterocycles. The molecular formula is C14H11BrO4S. The number of carbonyl (C=O) groups is 1. The normalized spacial score (nSPS) is 13.1. The van der Waals surface area contributed by atoms with Gasteiger partial charge in [-0.25, -0.2) is 4.79 Å². The number of ether oxygens (including phenoxy) is 3. The molecule has 0 N–H and O–H groups in total. The second kappa shape index (κ2) is 5.85. The molecule has 0 radical (unpaired) electrons. The summed E-state index contributed by atoms with van der Waals surface area (Å²) in [4.78, 5) is 12.1. The van der Waals surface area contributed by atoms with E-state index in [1.54, 1.807) is 29.5 Å². The van der Waals surface area contributed by atoms with Crippen molar-refractivity contribution in [2.24, 2.45) is 0 Å². The largest absolute Gasteiger partial charge is 0.486 e. The first kappa shape index (κ1) is 13.5. The van der Waals surface area contributed by atoms with Crippen molar-refractivity contribution in [3.8, 4) is 11.5 Å². The van der Waals surface area contributed by atoms with Crippen LogP contribution in [-0.4, -0.2) is 19.2 Å². The minimum absolute atomic E-state index is 0.242. The Labute approximate surface area is 128 Å². The Morgan fingerprint density at radius 2 is 2.20 bits per heavy atom. The SMILES string of the molecule is O=C(OCc1csc(Br)c1)c1cccc2c1OCCO2. The van der Waals surface area contributed by atoms with Gasteiger partial charge in [-0.3, -0.25) is 0 Å². The molecule has 104 valence electrons. The number of benzene rings is 1. The molecule has 0 spiro atoms. The van der Waals surface area contributed by atoms with Gasteiger partial charge in [0.2, 0.25) is 0 Å². The number of hydrogen-bond acceptors (Lipinski definition) is 5. The number of esters is 1. The number of rotatable bonds is 3. The van der Waals surface area contributed by atoms with Crippen LogP contribution in [0.15, 0.2) is 33.4 Å². The topological polar surface area (TPSA) is 44.8 Å². The molecule has 0 saturated carbocycles. The van der Waals surface area contributed by atoms with Gasteiger partial charge in [0.05, 0.1) is 3.79 Å². The van der Waals surface area contributed by atoms with Crippen LogP contribution in [0.25, 0.3) is 0 Å². The molecule has 0 unspecified atom stereocenters. The molecule has 0 atom stereocenters. The number of thiophene rings is 1. The molecule has 0 fully saturated rings. The summed E-state index contributed by atoms with van der Waals surface area (Å²) >= 11 is 4.93. The van der Waals surface area contributed by atoms with Crippen molar-refractivity contribution >= 4 is 33.2 Å². The third-order valence-electron chi connectivity index (χ3n) is 2.78. The molecule has 0 aliphatic carbocycles. The van der Waals surface area contributed by atoms with Crippen molar-refractivity contribution in [1.29, 1.82) is 0 Å². The van der Waals surface area contributed by atoms with Crippen molar-refractivity contribution in [1.82, 2.24) is 0 Å². The van der Waals surface area contributed by atoms with Gasteiger partial charge in [0.1, 0.15) is 25.4 Å². The van der Waals surface area contributed by atoms with E-state index in [0.29, 0.717) is 30.3 Å². The Hall–Kier alpha value is -1.53. The van der Waals surface area contributed by atoms with E-state index in [0.717, 1.165) is 9.35 Å². The van der Waals surface area contributed by atoms with Crippen molar-refractivity contribution in [3.05, 3.63) is 44.6 Å². The van der Waals surface area contributed by atoms with Crippen LogP contribution in [0, 0.1) is 0 Å². The second-order valence-corrected chi connectivity index (χ2v) is 6.46. The molecule has 1 aromatic heterocycles. The van der Waals surface area contributed by atoms with Crippen LogP contribution in [0.1, 0.15) is 15.9 Å². The predicted octanol–water partition coefficient (Wildman–Crippen LogP) is 3.64. The van der Waals surface area contributed by atoms with Crippen LogP contribution in [0.4, 0.5) is 0 Å². The van der Waals surface area contributed by atoms with Crippen molar-refractivity contribution in [3.63, 3.8) is 0 Å². The summed E-state index contributed by atoms with van der Waals surface area (Å²) in [5, 5.41) is 1.94. The third-order valence-corrected chi connectivity index (χ3v) is 4.33. The van der Waals surface area contributed by atoms with E-state index in [9.17, 15) is 4.79 Å². The van der Waals surface area contributed by atoms with E-state index >= 15 is 0 Å². The number of hydrogen-bond donors (Lipinski definition) is 0. The number of para-hydroxylation sites is 1. The lowest BCUT2D eigenvalue weighted by molar-refractivity contribution is 0.0463. The second-order valence-electron chi connectivity index (χ2n) is 4.16. The first-order valence-electron chi connectivity index (χ1n) is 6.02. The highest BCUT2D eigenvalue weighted by Crippen LogP contribution is 2.34. The first-order chi connectivity index (χ1) is 9.74. The average Bonchev–Trinajstić information content (AvgIpc) is 2.90. The molecule has 1 aliphatic heterocycles. The van der Waals surface area contributed by atoms with Gasteiger partial charge in [-0.2, -0.15) is 0 Å². The molecule has 6 heteroatoms. The number of carbonyl (C=O) groups excluding carboxylic acids is 1. The van der Waals surface area contributed by atoms with E-state index in [1.165, 1.54) is 0 Å². The molecule has 2 aromatic rings. The van der Waals surface area contributed by atoms with Crippen LogP contribution in [0.2, 0.25) is 0 Å².